The molecule has 0 aliphatic heterocycles. The summed E-state index contributed by atoms with van der Waals surface area (Å²) in [7, 11) is 3.88. The van der Waals surface area contributed by atoms with Crippen molar-refractivity contribution in [2.24, 2.45) is 0 Å². The number of hydrogen-bond donors (Lipinski definition) is 1. The number of unbranched alkanes of at least 4 members (excludes halogenated alkanes) is 8. The molecule has 0 aromatic heterocycles. The Hall–Kier alpha value is -0.120. The van der Waals surface area contributed by atoms with Crippen LogP contribution in [-0.4, -0.2) is 43.0 Å². The molecule has 0 spiro atoms. The lowest BCUT2D eigenvalue weighted by atomic mass is 10.1. The van der Waals surface area contributed by atoms with Crippen LogP contribution >= 0.6 is 0 Å². The van der Waals surface area contributed by atoms with E-state index in [9.17, 15) is 5.11 Å². The summed E-state index contributed by atoms with van der Waals surface area (Å²) in [5, 5.41) is 9.56. The largest absolute Gasteiger partial charge is 0.389 e. The Bertz CT molecular complexity index is 176. The Labute approximate surface area is 120 Å². The van der Waals surface area contributed by atoms with Gasteiger partial charge in [0.1, 0.15) is 6.23 Å². The molecule has 0 saturated heterocycles. The summed E-state index contributed by atoms with van der Waals surface area (Å²) < 4.78 is 5.70. The van der Waals surface area contributed by atoms with E-state index in [2.05, 4.69) is 6.92 Å². The molecule has 2 unspecified atom stereocenters. The van der Waals surface area contributed by atoms with Gasteiger partial charge < -0.3 is 9.84 Å². The predicted molar refractivity (Wildman–Crippen MR) is 82.3 cm³/mol. The quantitative estimate of drug-likeness (QED) is 0.409. The molecular weight excluding hydrogens is 238 g/mol. The Balaban J connectivity index is 3.30. The highest BCUT2D eigenvalue weighted by atomic mass is 16.5. The molecule has 3 nitrogen and oxygen atoms in total. The van der Waals surface area contributed by atoms with Crippen LogP contribution < -0.4 is 0 Å². The number of nitrogens with zero attached hydrogens (tertiary/aromatic N) is 1. The summed E-state index contributed by atoms with van der Waals surface area (Å²) in [4.78, 5) is 1.93. The van der Waals surface area contributed by atoms with Crippen LogP contribution in [0.15, 0.2) is 0 Å². The fraction of sp³-hybridized carbons (Fsp3) is 1.00. The average molecular weight is 273 g/mol. The standard InChI is InChI=1S/C16H35NO2/c1-5-6-7-8-9-10-11-12-13-14-19-16(15(2)18)17(3)4/h15-16,18H,5-14H2,1-4H3. The number of aliphatic hydroxyl groups is 1. The zero-order chi connectivity index (χ0) is 14.5. The summed E-state index contributed by atoms with van der Waals surface area (Å²) in [5.41, 5.74) is 0. The first-order valence-corrected chi connectivity index (χ1v) is 8.05. The van der Waals surface area contributed by atoms with Gasteiger partial charge in [-0.3, -0.25) is 4.90 Å². The monoisotopic (exact) mass is 273 g/mol. The number of rotatable bonds is 13. The zero-order valence-electron chi connectivity index (χ0n) is 13.5. The van der Waals surface area contributed by atoms with Crippen molar-refractivity contribution in [2.45, 2.75) is 84.0 Å². The second kappa shape index (κ2) is 12.9. The van der Waals surface area contributed by atoms with Crippen LogP contribution in [0.4, 0.5) is 0 Å². The number of ether oxygens (including phenoxy) is 1. The molecule has 0 bridgehead atoms. The molecule has 0 aliphatic rings. The fourth-order valence-electron chi connectivity index (χ4n) is 2.34. The van der Waals surface area contributed by atoms with Crippen molar-refractivity contribution >= 4 is 0 Å². The summed E-state index contributed by atoms with van der Waals surface area (Å²) >= 11 is 0. The summed E-state index contributed by atoms with van der Waals surface area (Å²) in [6.45, 7) is 4.79. The molecule has 0 aromatic rings. The normalized spacial score (nSPS) is 14.8. The minimum atomic E-state index is -0.437. The summed E-state index contributed by atoms with van der Waals surface area (Å²) in [6, 6.07) is 0. The van der Waals surface area contributed by atoms with Crippen LogP contribution in [0.1, 0.15) is 71.6 Å². The van der Waals surface area contributed by atoms with Gasteiger partial charge >= 0.3 is 0 Å². The second-order valence-electron chi connectivity index (χ2n) is 5.79. The van der Waals surface area contributed by atoms with E-state index in [0.29, 0.717) is 0 Å². The molecule has 3 heteroatoms. The molecule has 0 heterocycles. The average Bonchev–Trinajstić information content (AvgIpc) is 2.35. The maximum absolute atomic E-state index is 9.56. The first-order chi connectivity index (χ1) is 9.09. The molecule has 116 valence electrons. The van der Waals surface area contributed by atoms with Gasteiger partial charge in [0, 0.05) is 6.61 Å². The predicted octanol–water partition coefficient (Wildman–Crippen LogP) is 3.80. The fourth-order valence-corrected chi connectivity index (χ4v) is 2.34. The van der Waals surface area contributed by atoms with Crippen LogP contribution in [0, 0.1) is 0 Å². The molecular formula is C16H35NO2. The van der Waals surface area contributed by atoms with Crippen molar-refractivity contribution < 1.29 is 9.84 Å². The third kappa shape index (κ3) is 11.4. The Morgan fingerprint density at radius 1 is 0.895 bits per heavy atom. The molecule has 0 saturated carbocycles. The lowest BCUT2D eigenvalue weighted by Crippen LogP contribution is -2.39. The summed E-state index contributed by atoms with van der Waals surface area (Å²) in [6.07, 6.45) is 11.3. The van der Waals surface area contributed by atoms with E-state index in [1.54, 1.807) is 6.92 Å². The van der Waals surface area contributed by atoms with Gasteiger partial charge in [-0.15, -0.1) is 0 Å². The van der Waals surface area contributed by atoms with Crippen LogP contribution in [0.5, 0.6) is 0 Å². The van der Waals surface area contributed by atoms with Crippen LogP contribution in [-0.2, 0) is 4.74 Å². The number of aliphatic hydroxyl groups excluding tert-OH is 1. The van der Waals surface area contributed by atoms with Gasteiger partial charge in [-0.1, -0.05) is 58.3 Å². The van der Waals surface area contributed by atoms with Gasteiger partial charge in [-0.25, -0.2) is 0 Å². The van der Waals surface area contributed by atoms with Gasteiger partial charge in [0.25, 0.3) is 0 Å². The Morgan fingerprint density at radius 2 is 1.37 bits per heavy atom. The molecule has 2 atom stereocenters. The van der Waals surface area contributed by atoms with E-state index in [4.69, 9.17) is 4.74 Å². The topological polar surface area (TPSA) is 32.7 Å². The Morgan fingerprint density at radius 3 is 1.79 bits per heavy atom. The van der Waals surface area contributed by atoms with Crippen molar-refractivity contribution in [3.05, 3.63) is 0 Å². The Kier molecular flexibility index (Phi) is 12.8. The van der Waals surface area contributed by atoms with Crippen molar-refractivity contribution in [2.75, 3.05) is 20.7 Å². The van der Waals surface area contributed by atoms with Crippen LogP contribution in [0.25, 0.3) is 0 Å². The first kappa shape index (κ1) is 18.9. The third-order valence-corrected chi connectivity index (χ3v) is 3.46. The highest BCUT2D eigenvalue weighted by Crippen LogP contribution is 2.10. The van der Waals surface area contributed by atoms with Crippen molar-refractivity contribution in [1.82, 2.24) is 4.90 Å². The van der Waals surface area contributed by atoms with E-state index in [0.717, 1.165) is 13.0 Å². The van der Waals surface area contributed by atoms with Crippen LogP contribution in [0.2, 0.25) is 0 Å². The van der Waals surface area contributed by atoms with Crippen molar-refractivity contribution in [3.63, 3.8) is 0 Å². The molecule has 0 aromatic carbocycles. The lowest BCUT2D eigenvalue weighted by Gasteiger charge is -2.26. The number of likely N-dealkylation sites (N-methyl/N-ethyl adjacent to an activating group) is 1. The minimum Gasteiger partial charge on any atom is -0.389 e. The van der Waals surface area contributed by atoms with Crippen molar-refractivity contribution in [1.29, 1.82) is 0 Å². The highest BCUT2D eigenvalue weighted by Gasteiger charge is 2.16. The van der Waals surface area contributed by atoms with Gasteiger partial charge in [0.15, 0.2) is 0 Å². The van der Waals surface area contributed by atoms with Gasteiger partial charge in [-0.2, -0.15) is 0 Å². The molecule has 0 amide bonds. The van der Waals surface area contributed by atoms with E-state index >= 15 is 0 Å². The third-order valence-electron chi connectivity index (χ3n) is 3.46. The van der Waals surface area contributed by atoms with E-state index in [-0.39, 0.29) is 6.23 Å². The van der Waals surface area contributed by atoms with E-state index in [1.807, 2.05) is 19.0 Å². The minimum absolute atomic E-state index is 0.172. The molecule has 0 rings (SSSR count). The van der Waals surface area contributed by atoms with E-state index < -0.39 is 6.10 Å². The zero-order valence-corrected chi connectivity index (χ0v) is 13.5. The smallest absolute Gasteiger partial charge is 0.136 e. The number of hydrogen-bond acceptors (Lipinski definition) is 3. The maximum atomic E-state index is 9.56. The molecule has 1 N–H and O–H groups in total. The van der Waals surface area contributed by atoms with E-state index in [1.165, 1.54) is 51.4 Å². The van der Waals surface area contributed by atoms with Gasteiger partial charge in [0.2, 0.25) is 0 Å². The van der Waals surface area contributed by atoms with Crippen molar-refractivity contribution in [3.8, 4) is 0 Å². The lowest BCUT2D eigenvalue weighted by molar-refractivity contribution is -0.102. The highest BCUT2D eigenvalue weighted by molar-refractivity contribution is 4.61. The molecule has 19 heavy (non-hydrogen) atoms. The molecule has 0 aliphatic carbocycles. The molecule has 0 fully saturated rings. The SMILES string of the molecule is CCCCCCCCCCCOC(C(C)O)N(C)C. The van der Waals surface area contributed by atoms with Crippen LogP contribution in [0.3, 0.4) is 0 Å². The maximum Gasteiger partial charge on any atom is 0.136 e. The summed E-state index contributed by atoms with van der Waals surface area (Å²) in [5.74, 6) is 0. The first-order valence-electron chi connectivity index (χ1n) is 8.05. The second-order valence-corrected chi connectivity index (χ2v) is 5.79. The molecule has 0 radical (unpaired) electrons. The van der Waals surface area contributed by atoms with Gasteiger partial charge in [0.05, 0.1) is 6.10 Å². The van der Waals surface area contributed by atoms with Gasteiger partial charge in [-0.05, 0) is 27.4 Å².